The Morgan fingerprint density at radius 2 is 2.06 bits per heavy atom. The standard InChI is InChI=1S/C12H13FN4/c1-3-9-7(2)11(14)17-12(16-9)10-5-4-8(13)6-15-10/h4-6H,3H2,1-2H3,(H2,14,16,17). The van der Waals surface area contributed by atoms with E-state index in [1.807, 2.05) is 13.8 Å². The summed E-state index contributed by atoms with van der Waals surface area (Å²) >= 11 is 0. The molecule has 0 aliphatic rings. The van der Waals surface area contributed by atoms with Gasteiger partial charge in [-0.25, -0.2) is 19.3 Å². The smallest absolute Gasteiger partial charge is 0.180 e. The fourth-order valence-electron chi connectivity index (χ4n) is 1.55. The van der Waals surface area contributed by atoms with Crippen LogP contribution >= 0.6 is 0 Å². The van der Waals surface area contributed by atoms with Crippen molar-refractivity contribution in [3.05, 3.63) is 35.4 Å². The van der Waals surface area contributed by atoms with Gasteiger partial charge in [0, 0.05) is 11.3 Å². The molecular formula is C12H13FN4. The van der Waals surface area contributed by atoms with E-state index in [1.54, 1.807) is 6.07 Å². The summed E-state index contributed by atoms with van der Waals surface area (Å²) in [6.07, 6.45) is 1.91. The first-order chi connectivity index (χ1) is 8.11. The fraction of sp³-hybridized carbons (Fsp3) is 0.250. The molecule has 0 fully saturated rings. The first kappa shape index (κ1) is 11.4. The van der Waals surface area contributed by atoms with E-state index in [1.165, 1.54) is 6.07 Å². The van der Waals surface area contributed by atoms with E-state index < -0.39 is 0 Å². The van der Waals surface area contributed by atoms with Crippen molar-refractivity contribution >= 4 is 5.82 Å². The molecule has 0 saturated carbocycles. The largest absolute Gasteiger partial charge is 0.383 e. The average molecular weight is 232 g/mol. The van der Waals surface area contributed by atoms with Crippen molar-refractivity contribution in [3.63, 3.8) is 0 Å². The number of pyridine rings is 1. The molecule has 2 aromatic heterocycles. The summed E-state index contributed by atoms with van der Waals surface area (Å²) in [5.41, 5.74) is 8.11. The van der Waals surface area contributed by atoms with Gasteiger partial charge in [0.1, 0.15) is 17.3 Å². The number of nitrogen functional groups attached to an aromatic ring is 1. The van der Waals surface area contributed by atoms with Gasteiger partial charge in [-0.2, -0.15) is 0 Å². The third-order valence-electron chi connectivity index (χ3n) is 2.58. The SMILES string of the molecule is CCc1nc(-c2ccc(F)cn2)nc(N)c1C. The maximum atomic E-state index is 12.8. The topological polar surface area (TPSA) is 64.7 Å². The molecule has 0 aliphatic carbocycles. The molecule has 88 valence electrons. The molecular weight excluding hydrogens is 219 g/mol. The predicted molar refractivity (Wildman–Crippen MR) is 63.7 cm³/mol. The molecule has 0 saturated heterocycles. The maximum Gasteiger partial charge on any atom is 0.180 e. The van der Waals surface area contributed by atoms with Gasteiger partial charge in [0.15, 0.2) is 5.82 Å². The number of hydrogen-bond acceptors (Lipinski definition) is 4. The Bertz CT molecular complexity index is 537. The Kier molecular flexibility index (Phi) is 2.99. The number of aromatic nitrogens is 3. The highest BCUT2D eigenvalue weighted by molar-refractivity contribution is 5.54. The number of hydrogen-bond donors (Lipinski definition) is 1. The Morgan fingerprint density at radius 3 is 2.65 bits per heavy atom. The minimum Gasteiger partial charge on any atom is -0.383 e. The molecule has 0 spiro atoms. The zero-order chi connectivity index (χ0) is 12.4. The second kappa shape index (κ2) is 4.45. The fourth-order valence-corrected chi connectivity index (χ4v) is 1.55. The first-order valence-corrected chi connectivity index (χ1v) is 5.36. The van der Waals surface area contributed by atoms with E-state index in [-0.39, 0.29) is 5.82 Å². The lowest BCUT2D eigenvalue weighted by atomic mass is 10.2. The van der Waals surface area contributed by atoms with Crippen LogP contribution in [0, 0.1) is 12.7 Å². The van der Waals surface area contributed by atoms with Crippen LogP contribution in [0.3, 0.4) is 0 Å². The third-order valence-corrected chi connectivity index (χ3v) is 2.58. The Morgan fingerprint density at radius 1 is 1.29 bits per heavy atom. The van der Waals surface area contributed by atoms with Gasteiger partial charge in [-0.3, -0.25) is 0 Å². The lowest BCUT2D eigenvalue weighted by Gasteiger charge is -2.07. The van der Waals surface area contributed by atoms with Crippen molar-refractivity contribution in [3.8, 4) is 11.5 Å². The first-order valence-electron chi connectivity index (χ1n) is 5.36. The van der Waals surface area contributed by atoms with Crippen molar-refractivity contribution in [2.75, 3.05) is 5.73 Å². The summed E-state index contributed by atoms with van der Waals surface area (Å²) in [5.74, 6) is 0.493. The van der Waals surface area contributed by atoms with Crippen molar-refractivity contribution in [1.29, 1.82) is 0 Å². The van der Waals surface area contributed by atoms with Crippen LogP contribution in [0.25, 0.3) is 11.5 Å². The molecule has 2 heterocycles. The molecule has 0 amide bonds. The number of rotatable bonds is 2. The van der Waals surface area contributed by atoms with Crippen LogP contribution in [-0.4, -0.2) is 15.0 Å². The highest BCUT2D eigenvalue weighted by atomic mass is 19.1. The van der Waals surface area contributed by atoms with E-state index in [0.717, 1.165) is 23.9 Å². The summed E-state index contributed by atoms with van der Waals surface area (Å²) in [7, 11) is 0. The number of anilines is 1. The molecule has 2 rings (SSSR count). The number of nitrogens with two attached hydrogens (primary N) is 1. The number of aryl methyl sites for hydroxylation is 1. The van der Waals surface area contributed by atoms with Crippen LogP contribution in [0.5, 0.6) is 0 Å². The molecule has 17 heavy (non-hydrogen) atoms. The van der Waals surface area contributed by atoms with Crippen LogP contribution in [0.4, 0.5) is 10.2 Å². The van der Waals surface area contributed by atoms with E-state index in [0.29, 0.717) is 17.3 Å². The van der Waals surface area contributed by atoms with Gasteiger partial charge in [0.05, 0.1) is 6.20 Å². The van der Waals surface area contributed by atoms with Crippen molar-refractivity contribution in [2.24, 2.45) is 0 Å². The highest BCUT2D eigenvalue weighted by Crippen LogP contribution is 2.18. The zero-order valence-electron chi connectivity index (χ0n) is 9.74. The number of nitrogens with zero attached hydrogens (tertiary/aromatic N) is 3. The molecule has 0 atom stereocenters. The van der Waals surface area contributed by atoms with E-state index in [9.17, 15) is 4.39 Å². The Labute approximate surface area is 98.7 Å². The van der Waals surface area contributed by atoms with Crippen molar-refractivity contribution < 1.29 is 4.39 Å². The predicted octanol–water partition coefficient (Wildman–Crippen LogP) is 2.13. The highest BCUT2D eigenvalue weighted by Gasteiger charge is 2.09. The van der Waals surface area contributed by atoms with Gasteiger partial charge in [-0.05, 0) is 25.5 Å². The summed E-state index contributed by atoms with van der Waals surface area (Å²) in [4.78, 5) is 12.5. The molecule has 5 heteroatoms. The molecule has 0 aliphatic heterocycles. The van der Waals surface area contributed by atoms with Gasteiger partial charge >= 0.3 is 0 Å². The van der Waals surface area contributed by atoms with Crippen LogP contribution in [-0.2, 0) is 6.42 Å². The normalized spacial score (nSPS) is 10.5. The minimum absolute atomic E-state index is 0.385. The van der Waals surface area contributed by atoms with Crippen molar-refractivity contribution in [1.82, 2.24) is 15.0 Å². The summed E-state index contributed by atoms with van der Waals surface area (Å²) < 4.78 is 12.8. The molecule has 2 N–H and O–H groups in total. The van der Waals surface area contributed by atoms with Crippen LogP contribution in [0.15, 0.2) is 18.3 Å². The van der Waals surface area contributed by atoms with Crippen LogP contribution in [0.2, 0.25) is 0 Å². The summed E-state index contributed by atoms with van der Waals surface area (Å²) in [5, 5.41) is 0. The monoisotopic (exact) mass is 232 g/mol. The molecule has 2 aromatic rings. The van der Waals surface area contributed by atoms with E-state index in [2.05, 4.69) is 15.0 Å². The van der Waals surface area contributed by atoms with Gasteiger partial charge in [-0.1, -0.05) is 6.92 Å². The Hall–Kier alpha value is -2.04. The van der Waals surface area contributed by atoms with E-state index >= 15 is 0 Å². The molecule has 0 unspecified atom stereocenters. The van der Waals surface area contributed by atoms with Crippen molar-refractivity contribution in [2.45, 2.75) is 20.3 Å². The van der Waals surface area contributed by atoms with Crippen LogP contribution < -0.4 is 5.73 Å². The minimum atomic E-state index is -0.385. The van der Waals surface area contributed by atoms with Gasteiger partial charge in [0.2, 0.25) is 0 Å². The summed E-state index contributed by atoms with van der Waals surface area (Å²) in [6, 6.07) is 2.87. The third kappa shape index (κ3) is 2.22. The van der Waals surface area contributed by atoms with Crippen LogP contribution in [0.1, 0.15) is 18.2 Å². The molecule has 4 nitrogen and oxygen atoms in total. The second-order valence-electron chi connectivity index (χ2n) is 3.72. The lowest BCUT2D eigenvalue weighted by Crippen LogP contribution is -2.04. The summed E-state index contributed by atoms with van der Waals surface area (Å²) in [6.45, 7) is 3.88. The lowest BCUT2D eigenvalue weighted by molar-refractivity contribution is 0.621. The van der Waals surface area contributed by atoms with E-state index in [4.69, 9.17) is 5.73 Å². The zero-order valence-corrected chi connectivity index (χ0v) is 9.74. The second-order valence-corrected chi connectivity index (χ2v) is 3.72. The Balaban J connectivity index is 2.52. The molecule has 0 radical (unpaired) electrons. The van der Waals surface area contributed by atoms with Gasteiger partial charge in [0.25, 0.3) is 0 Å². The average Bonchev–Trinajstić information content (AvgIpc) is 2.33. The van der Waals surface area contributed by atoms with Gasteiger partial charge in [-0.15, -0.1) is 0 Å². The molecule has 0 bridgehead atoms. The van der Waals surface area contributed by atoms with Gasteiger partial charge < -0.3 is 5.73 Å². The quantitative estimate of drug-likeness (QED) is 0.861. The molecule has 0 aromatic carbocycles. The number of halogens is 1. The maximum absolute atomic E-state index is 12.8.